The lowest BCUT2D eigenvalue weighted by atomic mass is 10.1. The number of nitrogens with one attached hydrogen (secondary N) is 1. The van der Waals surface area contributed by atoms with Gasteiger partial charge in [-0.1, -0.05) is 39.7 Å². The first-order valence-electron chi connectivity index (χ1n) is 11.9. The molecule has 2 heterocycles. The van der Waals surface area contributed by atoms with Crippen molar-refractivity contribution in [3.05, 3.63) is 91.9 Å². The number of benzene rings is 3. The van der Waals surface area contributed by atoms with Gasteiger partial charge in [-0.05, 0) is 55.1 Å². The van der Waals surface area contributed by atoms with Gasteiger partial charge in [0.2, 0.25) is 0 Å². The van der Waals surface area contributed by atoms with Crippen LogP contribution in [0.4, 0.5) is 8.78 Å². The van der Waals surface area contributed by atoms with E-state index in [1.54, 1.807) is 12.1 Å². The molecule has 1 fully saturated rings. The SMILES string of the molecule is CN1CCN(C(NC(=O)c2c(F)ccc(OCc3nc4cc(Cl)ccc4s3)c2F)c2cccc(Br)c2)CC1. The zero-order chi connectivity index (χ0) is 26.8. The molecule has 1 aliphatic rings. The first kappa shape index (κ1) is 27.0. The van der Waals surface area contributed by atoms with E-state index < -0.39 is 29.3 Å². The topological polar surface area (TPSA) is 57.7 Å². The van der Waals surface area contributed by atoms with E-state index in [0.29, 0.717) is 28.6 Å². The third kappa shape index (κ3) is 6.00. The molecule has 0 radical (unpaired) electrons. The van der Waals surface area contributed by atoms with Crippen LogP contribution in [0.5, 0.6) is 5.75 Å². The Hall–Kier alpha value is -2.63. The van der Waals surface area contributed by atoms with Gasteiger partial charge in [0.05, 0.1) is 10.2 Å². The fourth-order valence-corrected chi connectivity index (χ4v) is 5.79. The second-order valence-corrected chi connectivity index (χ2v) is 11.5. The maximum absolute atomic E-state index is 15.5. The zero-order valence-corrected chi connectivity index (χ0v) is 23.5. The van der Waals surface area contributed by atoms with Gasteiger partial charge in [-0.25, -0.2) is 13.8 Å². The summed E-state index contributed by atoms with van der Waals surface area (Å²) < 4.78 is 37.7. The highest BCUT2D eigenvalue weighted by Gasteiger charge is 2.29. The number of hydrogen-bond donors (Lipinski definition) is 1. The number of aromatic nitrogens is 1. The van der Waals surface area contributed by atoms with E-state index in [1.165, 1.54) is 17.4 Å². The van der Waals surface area contributed by atoms with Gasteiger partial charge in [0, 0.05) is 35.7 Å². The minimum absolute atomic E-state index is 0.0391. The number of amides is 1. The molecular weight excluding hydrogens is 598 g/mol. The van der Waals surface area contributed by atoms with Crippen molar-refractivity contribution in [3.63, 3.8) is 0 Å². The Morgan fingerprint density at radius 3 is 2.71 bits per heavy atom. The van der Waals surface area contributed by atoms with Crippen LogP contribution in [-0.4, -0.2) is 53.9 Å². The lowest BCUT2D eigenvalue weighted by Gasteiger charge is -2.38. The number of halogens is 4. The molecule has 5 rings (SSSR count). The number of thiazole rings is 1. The van der Waals surface area contributed by atoms with E-state index in [0.717, 1.165) is 33.9 Å². The van der Waals surface area contributed by atoms with Gasteiger partial charge in [0.1, 0.15) is 29.2 Å². The van der Waals surface area contributed by atoms with Crippen LogP contribution < -0.4 is 10.1 Å². The van der Waals surface area contributed by atoms with Gasteiger partial charge in [0.15, 0.2) is 11.6 Å². The molecule has 1 N–H and O–H groups in total. The van der Waals surface area contributed by atoms with Crippen molar-refractivity contribution in [2.24, 2.45) is 0 Å². The van der Waals surface area contributed by atoms with Crippen molar-refractivity contribution in [1.29, 1.82) is 0 Å². The summed E-state index contributed by atoms with van der Waals surface area (Å²) in [5.74, 6) is -3.11. The van der Waals surface area contributed by atoms with Gasteiger partial charge in [-0.15, -0.1) is 11.3 Å². The first-order valence-corrected chi connectivity index (χ1v) is 13.9. The molecule has 0 saturated carbocycles. The standard InChI is InChI=1S/C27H24BrClF2N4O2S/c1-34-9-11-35(12-10-34)26(16-3-2-4-17(28)13-16)33-27(36)24-19(30)6-7-21(25(24)31)37-15-23-32-20-14-18(29)5-8-22(20)38-23/h2-8,13-14,26H,9-12,15H2,1H3,(H,33,36). The molecule has 198 valence electrons. The zero-order valence-electron chi connectivity index (χ0n) is 20.4. The smallest absolute Gasteiger partial charge is 0.258 e. The van der Waals surface area contributed by atoms with Crippen LogP contribution in [0.3, 0.4) is 0 Å². The number of ether oxygens (including phenoxy) is 1. The van der Waals surface area contributed by atoms with Crippen LogP contribution in [0.25, 0.3) is 10.2 Å². The lowest BCUT2D eigenvalue weighted by Crippen LogP contribution is -2.50. The Morgan fingerprint density at radius 2 is 1.95 bits per heavy atom. The summed E-state index contributed by atoms with van der Waals surface area (Å²) in [6.07, 6.45) is -0.563. The Morgan fingerprint density at radius 1 is 1.16 bits per heavy atom. The molecule has 0 bridgehead atoms. The minimum atomic E-state index is -1.06. The summed E-state index contributed by atoms with van der Waals surface area (Å²) in [4.78, 5) is 22.1. The van der Waals surface area contributed by atoms with Crippen molar-refractivity contribution in [2.45, 2.75) is 12.8 Å². The Bertz CT molecular complexity index is 1480. The molecule has 1 saturated heterocycles. The summed E-state index contributed by atoms with van der Waals surface area (Å²) in [5, 5.41) is 4.02. The molecule has 11 heteroatoms. The third-order valence-corrected chi connectivity index (χ3v) is 8.10. The predicted octanol–water partition coefficient (Wildman–Crippen LogP) is 6.25. The van der Waals surface area contributed by atoms with Gasteiger partial charge >= 0.3 is 0 Å². The number of carbonyl (C=O) groups is 1. The predicted molar refractivity (Wildman–Crippen MR) is 149 cm³/mol. The average molecular weight is 622 g/mol. The Balaban J connectivity index is 1.37. The van der Waals surface area contributed by atoms with Crippen LogP contribution in [-0.2, 0) is 6.61 Å². The highest BCUT2D eigenvalue weighted by Crippen LogP contribution is 2.29. The summed E-state index contributed by atoms with van der Waals surface area (Å²) >= 11 is 10.9. The molecular formula is C27H24BrClF2N4O2S. The van der Waals surface area contributed by atoms with Gasteiger partial charge in [-0.3, -0.25) is 9.69 Å². The number of piperazine rings is 1. The highest BCUT2D eigenvalue weighted by atomic mass is 79.9. The van der Waals surface area contributed by atoms with Gasteiger partial charge in [0.25, 0.3) is 5.91 Å². The van der Waals surface area contributed by atoms with Crippen molar-refractivity contribution < 1.29 is 18.3 Å². The van der Waals surface area contributed by atoms with Crippen molar-refractivity contribution in [3.8, 4) is 5.75 Å². The van der Waals surface area contributed by atoms with Crippen LogP contribution in [0.1, 0.15) is 27.1 Å². The van der Waals surface area contributed by atoms with Crippen LogP contribution in [0.15, 0.2) is 59.1 Å². The largest absolute Gasteiger partial charge is 0.483 e. The van der Waals surface area contributed by atoms with Crippen LogP contribution in [0, 0.1) is 11.6 Å². The van der Waals surface area contributed by atoms with E-state index in [9.17, 15) is 9.18 Å². The number of fused-ring (bicyclic) bond motifs is 1. The van der Waals surface area contributed by atoms with Gasteiger partial charge in [-0.2, -0.15) is 0 Å². The highest BCUT2D eigenvalue weighted by molar-refractivity contribution is 9.10. The fourth-order valence-electron chi connectivity index (χ4n) is 4.34. The summed E-state index contributed by atoms with van der Waals surface area (Å²) in [7, 11) is 2.03. The molecule has 1 amide bonds. The number of likely N-dealkylation sites (N-methyl/N-ethyl adjacent to an activating group) is 1. The number of nitrogens with zero attached hydrogens (tertiary/aromatic N) is 3. The molecule has 4 aromatic rings. The first-order chi connectivity index (χ1) is 18.3. The second kappa shape index (κ2) is 11.6. The van der Waals surface area contributed by atoms with Crippen LogP contribution >= 0.6 is 38.9 Å². The minimum Gasteiger partial charge on any atom is -0.483 e. The monoisotopic (exact) mass is 620 g/mol. The molecule has 1 unspecified atom stereocenters. The number of hydrogen-bond acceptors (Lipinski definition) is 6. The van der Waals surface area contributed by atoms with Crippen LogP contribution in [0.2, 0.25) is 5.02 Å². The van der Waals surface area contributed by atoms with E-state index >= 15 is 4.39 Å². The van der Waals surface area contributed by atoms with E-state index in [4.69, 9.17) is 16.3 Å². The molecule has 38 heavy (non-hydrogen) atoms. The molecule has 1 atom stereocenters. The Labute approximate surface area is 236 Å². The average Bonchev–Trinajstić information content (AvgIpc) is 3.29. The molecule has 1 aromatic heterocycles. The third-order valence-electron chi connectivity index (χ3n) is 6.36. The maximum atomic E-state index is 15.5. The molecule has 1 aliphatic heterocycles. The summed E-state index contributed by atoms with van der Waals surface area (Å²) in [6, 6.07) is 15.1. The quantitative estimate of drug-likeness (QED) is 0.265. The molecule has 6 nitrogen and oxygen atoms in total. The molecule has 0 spiro atoms. The number of rotatable bonds is 7. The van der Waals surface area contributed by atoms with Gasteiger partial charge < -0.3 is 15.0 Å². The van der Waals surface area contributed by atoms with Crippen molar-refractivity contribution in [2.75, 3.05) is 33.2 Å². The van der Waals surface area contributed by atoms with Crippen molar-refractivity contribution >= 4 is 55.0 Å². The Kier molecular flexibility index (Phi) is 8.25. The number of carbonyl (C=O) groups excluding carboxylic acids is 1. The molecule has 0 aliphatic carbocycles. The summed E-state index contributed by atoms with van der Waals surface area (Å²) in [5.41, 5.74) is 0.831. The van der Waals surface area contributed by atoms with E-state index in [-0.39, 0.29) is 12.4 Å². The summed E-state index contributed by atoms with van der Waals surface area (Å²) in [6.45, 7) is 2.96. The van der Waals surface area contributed by atoms with E-state index in [2.05, 4.69) is 36.0 Å². The maximum Gasteiger partial charge on any atom is 0.258 e. The molecule has 3 aromatic carbocycles. The normalized spacial score (nSPS) is 15.5. The fraction of sp³-hybridized carbons (Fsp3) is 0.259. The van der Waals surface area contributed by atoms with E-state index in [1.807, 2.05) is 37.4 Å². The lowest BCUT2D eigenvalue weighted by molar-refractivity contribution is 0.0712. The van der Waals surface area contributed by atoms with Crippen molar-refractivity contribution in [1.82, 2.24) is 20.1 Å². The second-order valence-electron chi connectivity index (χ2n) is 9.01.